The largest absolute Gasteiger partial charge is 0.454 e. The van der Waals surface area contributed by atoms with E-state index in [-0.39, 0.29) is 31.1 Å². The lowest BCUT2D eigenvalue weighted by Gasteiger charge is -2.08. The molecule has 0 radical (unpaired) electrons. The summed E-state index contributed by atoms with van der Waals surface area (Å²) in [6, 6.07) is 12.1. The van der Waals surface area contributed by atoms with E-state index in [9.17, 15) is 4.79 Å². The van der Waals surface area contributed by atoms with E-state index >= 15 is 0 Å². The van der Waals surface area contributed by atoms with Gasteiger partial charge in [0.1, 0.15) is 5.69 Å². The first-order valence-corrected chi connectivity index (χ1v) is 8.45. The minimum atomic E-state index is -0.366. The Kier molecular flexibility index (Phi) is 3.82. The van der Waals surface area contributed by atoms with Gasteiger partial charge in [0.25, 0.3) is 5.91 Å². The average Bonchev–Trinajstić information content (AvgIpc) is 3.36. The van der Waals surface area contributed by atoms with Crippen molar-refractivity contribution < 1.29 is 23.7 Å². The minimum Gasteiger partial charge on any atom is -0.454 e. The van der Waals surface area contributed by atoms with Crippen LogP contribution >= 0.6 is 0 Å². The van der Waals surface area contributed by atoms with Gasteiger partial charge in [-0.3, -0.25) is 4.79 Å². The topological polar surface area (TPSA) is 104 Å². The van der Waals surface area contributed by atoms with Crippen LogP contribution in [0, 0.1) is 0 Å². The van der Waals surface area contributed by atoms with Gasteiger partial charge in [0.15, 0.2) is 23.0 Å². The number of anilines is 3. The Balaban J connectivity index is 1.31. The van der Waals surface area contributed by atoms with Gasteiger partial charge in [-0.1, -0.05) is 0 Å². The van der Waals surface area contributed by atoms with Crippen LogP contribution in [0.2, 0.25) is 0 Å². The number of rotatable bonds is 4. The molecule has 0 saturated heterocycles. The summed E-state index contributed by atoms with van der Waals surface area (Å²) >= 11 is 0. The molecule has 2 aliphatic rings. The Morgan fingerprint density at radius 2 is 1.46 bits per heavy atom. The number of aromatic nitrogens is 2. The first-order chi connectivity index (χ1) is 13.7. The molecule has 0 atom stereocenters. The van der Waals surface area contributed by atoms with E-state index in [0.29, 0.717) is 28.7 Å². The van der Waals surface area contributed by atoms with Gasteiger partial charge in [-0.2, -0.15) is 0 Å². The van der Waals surface area contributed by atoms with Crippen LogP contribution in [0.4, 0.5) is 17.3 Å². The van der Waals surface area contributed by atoms with E-state index in [4.69, 9.17) is 18.9 Å². The third-order valence-corrected chi connectivity index (χ3v) is 4.15. The van der Waals surface area contributed by atoms with Crippen molar-refractivity contribution in [1.29, 1.82) is 0 Å². The second kappa shape index (κ2) is 6.62. The average molecular weight is 378 g/mol. The molecular formula is C19H14N4O5. The SMILES string of the molecule is O=C(Nc1ccc2c(c1)OCO2)c1ccnc(Nc2ccc3c(c2)OCO3)n1. The smallest absolute Gasteiger partial charge is 0.274 e. The number of amides is 1. The summed E-state index contributed by atoms with van der Waals surface area (Å²) in [5.74, 6) is 2.48. The van der Waals surface area contributed by atoms with E-state index in [0.717, 1.165) is 5.69 Å². The van der Waals surface area contributed by atoms with Crippen LogP contribution in [0.25, 0.3) is 0 Å². The Morgan fingerprint density at radius 1 is 0.821 bits per heavy atom. The highest BCUT2D eigenvalue weighted by Gasteiger charge is 2.16. The summed E-state index contributed by atoms with van der Waals surface area (Å²) in [6.45, 7) is 0.373. The first-order valence-electron chi connectivity index (χ1n) is 8.45. The molecule has 2 aromatic carbocycles. The van der Waals surface area contributed by atoms with Gasteiger partial charge in [0.05, 0.1) is 0 Å². The number of hydrogen-bond acceptors (Lipinski definition) is 8. The fourth-order valence-electron chi connectivity index (χ4n) is 2.82. The van der Waals surface area contributed by atoms with Crippen LogP contribution < -0.4 is 29.6 Å². The Bertz CT molecular complexity index is 1070. The molecule has 1 amide bonds. The third-order valence-electron chi connectivity index (χ3n) is 4.15. The predicted octanol–water partition coefficient (Wildman–Crippen LogP) is 2.93. The molecule has 0 bridgehead atoms. The maximum absolute atomic E-state index is 12.5. The zero-order valence-corrected chi connectivity index (χ0v) is 14.5. The normalized spacial score (nSPS) is 13.3. The number of nitrogens with zero attached hydrogens (tertiary/aromatic N) is 2. The van der Waals surface area contributed by atoms with Crippen LogP contribution in [0.1, 0.15) is 10.5 Å². The maximum Gasteiger partial charge on any atom is 0.274 e. The number of carbonyl (C=O) groups excluding carboxylic acids is 1. The summed E-state index contributed by atoms with van der Waals surface area (Å²) in [5.41, 5.74) is 1.52. The van der Waals surface area contributed by atoms with E-state index in [1.807, 2.05) is 6.07 Å². The van der Waals surface area contributed by atoms with E-state index < -0.39 is 0 Å². The van der Waals surface area contributed by atoms with Crippen LogP contribution in [-0.4, -0.2) is 29.5 Å². The summed E-state index contributed by atoms with van der Waals surface area (Å²) in [4.78, 5) is 21.0. The molecule has 28 heavy (non-hydrogen) atoms. The minimum absolute atomic E-state index is 0.174. The molecule has 3 aromatic rings. The highest BCUT2D eigenvalue weighted by atomic mass is 16.7. The molecule has 5 rings (SSSR count). The predicted molar refractivity (Wildman–Crippen MR) is 98.4 cm³/mol. The van der Waals surface area contributed by atoms with Crippen LogP contribution in [-0.2, 0) is 0 Å². The van der Waals surface area contributed by atoms with Gasteiger partial charge < -0.3 is 29.6 Å². The summed E-state index contributed by atoms with van der Waals surface area (Å²) in [6.07, 6.45) is 1.51. The van der Waals surface area contributed by atoms with Gasteiger partial charge in [-0.25, -0.2) is 9.97 Å². The summed E-state index contributed by atoms with van der Waals surface area (Å²) in [7, 11) is 0. The molecule has 2 N–H and O–H groups in total. The van der Waals surface area contributed by atoms with Gasteiger partial charge >= 0.3 is 0 Å². The zero-order chi connectivity index (χ0) is 18.9. The monoisotopic (exact) mass is 378 g/mol. The van der Waals surface area contributed by atoms with Gasteiger partial charge in [0.2, 0.25) is 19.5 Å². The quantitative estimate of drug-likeness (QED) is 0.714. The number of carbonyl (C=O) groups is 1. The second-order valence-corrected chi connectivity index (χ2v) is 5.98. The second-order valence-electron chi connectivity index (χ2n) is 5.98. The fourth-order valence-corrected chi connectivity index (χ4v) is 2.82. The van der Waals surface area contributed by atoms with Gasteiger partial charge in [-0.05, 0) is 30.3 Å². The standard InChI is InChI=1S/C19H14N4O5/c24-18(21-11-1-3-14-16(7-11)27-9-25-14)13-5-6-20-19(23-13)22-12-2-4-15-17(8-12)28-10-26-15/h1-8H,9-10H2,(H,21,24)(H,20,22,23). The lowest BCUT2D eigenvalue weighted by molar-refractivity contribution is 0.102. The molecule has 9 nitrogen and oxygen atoms in total. The molecule has 0 spiro atoms. The lowest BCUT2D eigenvalue weighted by Crippen LogP contribution is -2.14. The van der Waals surface area contributed by atoms with Crippen molar-refractivity contribution in [3.05, 3.63) is 54.4 Å². The zero-order valence-electron chi connectivity index (χ0n) is 14.5. The van der Waals surface area contributed by atoms with Crippen LogP contribution in [0.15, 0.2) is 48.7 Å². The Morgan fingerprint density at radius 3 is 2.21 bits per heavy atom. The Hall–Kier alpha value is -4.01. The maximum atomic E-state index is 12.5. The third kappa shape index (κ3) is 3.09. The molecular weight excluding hydrogens is 364 g/mol. The molecule has 0 fully saturated rings. The van der Waals surface area contributed by atoms with Crippen molar-refractivity contribution in [3.8, 4) is 23.0 Å². The molecule has 0 saturated carbocycles. The van der Waals surface area contributed by atoms with Crippen LogP contribution in [0.5, 0.6) is 23.0 Å². The lowest BCUT2D eigenvalue weighted by atomic mass is 10.2. The number of nitrogens with one attached hydrogen (secondary N) is 2. The molecule has 140 valence electrons. The van der Waals surface area contributed by atoms with Crippen LogP contribution in [0.3, 0.4) is 0 Å². The molecule has 3 heterocycles. The van der Waals surface area contributed by atoms with E-state index in [1.165, 1.54) is 12.3 Å². The van der Waals surface area contributed by atoms with Gasteiger partial charge in [-0.15, -0.1) is 0 Å². The molecule has 9 heteroatoms. The van der Waals surface area contributed by atoms with Crippen molar-refractivity contribution >= 4 is 23.2 Å². The van der Waals surface area contributed by atoms with E-state index in [1.54, 1.807) is 30.3 Å². The molecule has 2 aliphatic heterocycles. The number of fused-ring (bicyclic) bond motifs is 2. The van der Waals surface area contributed by atoms with Crippen molar-refractivity contribution in [2.75, 3.05) is 24.2 Å². The fraction of sp³-hybridized carbons (Fsp3) is 0.105. The molecule has 0 unspecified atom stereocenters. The molecule has 0 aliphatic carbocycles. The van der Waals surface area contributed by atoms with Crippen molar-refractivity contribution in [1.82, 2.24) is 9.97 Å². The summed E-state index contributed by atoms with van der Waals surface area (Å²) in [5, 5.41) is 5.84. The van der Waals surface area contributed by atoms with Crippen molar-refractivity contribution in [2.45, 2.75) is 0 Å². The molecule has 1 aromatic heterocycles. The highest BCUT2D eigenvalue weighted by molar-refractivity contribution is 6.03. The van der Waals surface area contributed by atoms with Gasteiger partial charge in [0, 0.05) is 29.7 Å². The Labute approximate surface area is 159 Å². The number of benzene rings is 2. The summed E-state index contributed by atoms with van der Waals surface area (Å²) < 4.78 is 21.2. The number of ether oxygens (including phenoxy) is 4. The number of hydrogen-bond donors (Lipinski definition) is 2. The van der Waals surface area contributed by atoms with Crippen molar-refractivity contribution in [3.63, 3.8) is 0 Å². The highest BCUT2D eigenvalue weighted by Crippen LogP contribution is 2.35. The van der Waals surface area contributed by atoms with Crippen molar-refractivity contribution in [2.24, 2.45) is 0 Å². The first kappa shape index (κ1) is 16.2. The van der Waals surface area contributed by atoms with E-state index in [2.05, 4.69) is 20.6 Å².